The van der Waals surface area contributed by atoms with Gasteiger partial charge in [0.1, 0.15) is 10.3 Å². The zero-order chi connectivity index (χ0) is 9.26. The Balaban J connectivity index is 2.28. The maximum Gasteiger partial charge on any atom is 0.184 e. The Kier molecular flexibility index (Phi) is 2.69. The van der Waals surface area contributed by atoms with Crippen molar-refractivity contribution >= 4 is 23.2 Å². The van der Waals surface area contributed by atoms with Gasteiger partial charge in [0.2, 0.25) is 0 Å². The van der Waals surface area contributed by atoms with Gasteiger partial charge >= 0.3 is 0 Å². The molecule has 1 aromatic heterocycles. The van der Waals surface area contributed by atoms with E-state index < -0.39 is 0 Å². The summed E-state index contributed by atoms with van der Waals surface area (Å²) in [5.74, 6) is 0. The highest BCUT2D eigenvalue weighted by atomic mass is 35.5. The van der Waals surface area contributed by atoms with Gasteiger partial charge in [-0.3, -0.25) is 0 Å². The van der Waals surface area contributed by atoms with E-state index >= 15 is 0 Å². The van der Waals surface area contributed by atoms with Gasteiger partial charge in [-0.15, -0.1) is 0 Å². The van der Waals surface area contributed by atoms with Gasteiger partial charge in [0.15, 0.2) is 6.29 Å². The van der Waals surface area contributed by atoms with Crippen molar-refractivity contribution in [3.05, 3.63) is 28.0 Å². The number of hydrogen-bond donors (Lipinski definition) is 0. The van der Waals surface area contributed by atoms with E-state index in [0.717, 1.165) is 5.56 Å². The fourth-order valence-corrected chi connectivity index (χ4v) is 1.65. The Bertz CT molecular complexity index is 293. The third-order valence-electron chi connectivity index (χ3n) is 1.68. The molecule has 2 rings (SSSR count). The van der Waals surface area contributed by atoms with Gasteiger partial charge in [-0.1, -0.05) is 23.2 Å². The summed E-state index contributed by atoms with van der Waals surface area (Å²) in [6, 6.07) is 3.37. The van der Waals surface area contributed by atoms with Gasteiger partial charge in [-0.05, 0) is 12.1 Å². The van der Waals surface area contributed by atoms with Crippen molar-refractivity contribution in [2.75, 3.05) is 13.2 Å². The van der Waals surface area contributed by atoms with Crippen LogP contribution in [0.4, 0.5) is 0 Å². The first kappa shape index (κ1) is 9.21. The molecule has 1 aliphatic rings. The van der Waals surface area contributed by atoms with Crippen molar-refractivity contribution in [3.8, 4) is 0 Å². The SMILES string of the molecule is Clc1cc(C2OCCO2)cc(Cl)n1. The molecular formula is C8H7Cl2NO2. The van der Waals surface area contributed by atoms with Crippen LogP contribution in [0, 0.1) is 0 Å². The number of rotatable bonds is 1. The summed E-state index contributed by atoms with van der Waals surface area (Å²) in [7, 11) is 0. The van der Waals surface area contributed by atoms with Gasteiger partial charge < -0.3 is 9.47 Å². The number of pyridine rings is 1. The molecule has 3 nitrogen and oxygen atoms in total. The van der Waals surface area contributed by atoms with Gasteiger partial charge in [0.05, 0.1) is 13.2 Å². The first-order chi connectivity index (χ1) is 6.25. The first-order valence-corrected chi connectivity index (χ1v) is 4.57. The zero-order valence-corrected chi connectivity index (χ0v) is 8.18. The van der Waals surface area contributed by atoms with Gasteiger partial charge in [-0.25, -0.2) is 4.98 Å². The lowest BCUT2D eigenvalue weighted by atomic mass is 10.2. The molecule has 2 heterocycles. The van der Waals surface area contributed by atoms with Crippen LogP contribution in [0.15, 0.2) is 12.1 Å². The molecule has 0 N–H and O–H groups in total. The molecule has 5 heteroatoms. The number of aromatic nitrogens is 1. The Hall–Kier alpha value is -0.350. The van der Waals surface area contributed by atoms with Crippen molar-refractivity contribution < 1.29 is 9.47 Å². The number of hydrogen-bond acceptors (Lipinski definition) is 3. The second kappa shape index (κ2) is 3.80. The standard InChI is InChI=1S/C8H7Cl2NO2/c9-6-3-5(4-7(10)11-6)8-12-1-2-13-8/h3-4,8H,1-2H2. The van der Waals surface area contributed by atoms with Crippen LogP contribution in [0.3, 0.4) is 0 Å². The average Bonchev–Trinajstić information content (AvgIpc) is 2.53. The molecule has 1 saturated heterocycles. The van der Waals surface area contributed by atoms with E-state index in [-0.39, 0.29) is 6.29 Å². The predicted octanol–water partition coefficient (Wildman–Crippen LogP) is 2.43. The molecule has 0 aromatic carbocycles. The summed E-state index contributed by atoms with van der Waals surface area (Å²) in [6.07, 6.45) is -0.349. The van der Waals surface area contributed by atoms with E-state index in [1.54, 1.807) is 12.1 Å². The molecule has 1 fully saturated rings. The van der Waals surface area contributed by atoms with Crippen molar-refractivity contribution in [3.63, 3.8) is 0 Å². The topological polar surface area (TPSA) is 31.4 Å². The second-order valence-electron chi connectivity index (χ2n) is 2.62. The van der Waals surface area contributed by atoms with Crippen molar-refractivity contribution in [2.45, 2.75) is 6.29 Å². The highest BCUT2D eigenvalue weighted by Gasteiger charge is 2.19. The minimum atomic E-state index is -0.349. The normalized spacial score (nSPS) is 18.0. The van der Waals surface area contributed by atoms with Gasteiger partial charge in [0, 0.05) is 5.56 Å². The van der Waals surface area contributed by atoms with Crippen LogP contribution in [0.25, 0.3) is 0 Å². The summed E-state index contributed by atoms with van der Waals surface area (Å²) in [5.41, 5.74) is 0.808. The Morgan fingerprint density at radius 2 is 1.69 bits per heavy atom. The molecule has 0 saturated carbocycles. The maximum atomic E-state index is 5.72. The lowest BCUT2D eigenvalue weighted by Crippen LogP contribution is -1.98. The summed E-state index contributed by atoms with van der Waals surface area (Å²) in [5, 5.41) is 0.697. The second-order valence-corrected chi connectivity index (χ2v) is 3.39. The smallest absolute Gasteiger partial charge is 0.184 e. The van der Waals surface area contributed by atoms with Crippen LogP contribution in [-0.2, 0) is 9.47 Å². The first-order valence-electron chi connectivity index (χ1n) is 3.82. The maximum absolute atomic E-state index is 5.72. The Labute approximate surface area is 85.6 Å². The van der Waals surface area contributed by atoms with Crippen LogP contribution in [0.2, 0.25) is 10.3 Å². The van der Waals surface area contributed by atoms with Gasteiger partial charge in [0.25, 0.3) is 0 Å². The van der Waals surface area contributed by atoms with E-state index in [1.807, 2.05) is 0 Å². The molecule has 0 amide bonds. The van der Waals surface area contributed by atoms with Gasteiger partial charge in [-0.2, -0.15) is 0 Å². The molecular weight excluding hydrogens is 213 g/mol. The minimum Gasteiger partial charge on any atom is -0.346 e. The summed E-state index contributed by atoms with van der Waals surface area (Å²) in [6.45, 7) is 1.20. The van der Waals surface area contributed by atoms with Crippen molar-refractivity contribution in [2.24, 2.45) is 0 Å². The molecule has 0 aliphatic carbocycles. The molecule has 0 bridgehead atoms. The van der Waals surface area contributed by atoms with E-state index in [0.29, 0.717) is 23.5 Å². The van der Waals surface area contributed by atoms with Crippen LogP contribution in [-0.4, -0.2) is 18.2 Å². The zero-order valence-electron chi connectivity index (χ0n) is 6.67. The predicted molar refractivity (Wildman–Crippen MR) is 48.9 cm³/mol. The summed E-state index contributed by atoms with van der Waals surface area (Å²) >= 11 is 11.4. The van der Waals surface area contributed by atoms with Crippen molar-refractivity contribution in [1.82, 2.24) is 4.98 Å². The number of nitrogens with zero attached hydrogens (tertiary/aromatic N) is 1. The summed E-state index contributed by atoms with van der Waals surface area (Å²) in [4.78, 5) is 3.83. The monoisotopic (exact) mass is 219 g/mol. The van der Waals surface area contributed by atoms with Crippen LogP contribution in [0.1, 0.15) is 11.9 Å². The summed E-state index contributed by atoms with van der Waals surface area (Å²) < 4.78 is 10.6. The fourth-order valence-electron chi connectivity index (χ4n) is 1.17. The molecule has 1 aliphatic heterocycles. The Morgan fingerprint density at radius 1 is 1.15 bits per heavy atom. The third-order valence-corrected chi connectivity index (χ3v) is 2.07. The molecule has 0 atom stereocenters. The van der Waals surface area contributed by atoms with Crippen LogP contribution < -0.4 is 0 Å². The van der Waals surface area contributed by atoms with Crippen molar-refractivity contribution in [1.29, 1.82) is 0 Å². The number of halogens is 2. The largest absolute Gasteiger partial charge is 0.346 e. The van der Waals surface area contributed by atoms with E-state index in [1.165, 1.54) is 0 Å². The average molecular weight is 220 g/mol. The molecule has 0 unspecified atom stereocenters. The minimum absolute atomic E-state index is 0.349. The molecule has 13 heavy (non-hydrogen) atoms. The third kappa shape index (κ3) is 2.11. The van der Waals surface area contributed by atoms with Crippen LogP contribution in [0.5, 0.6) is 0 Å². The van der Waals surface area contributed by atoms with E-state index in [9.17, 15) is 0 Å². The molecule has 70 valence electrons. The highest BCUT2D eigenvalue weighted by molar-refractivity contribution is 6.32. The molecule has 1 aromatic rings. The lowest BCUT2D eigenvalue weighted by molar-refractivity contribution is -0.0441. The fraction of sp³-hybridized carbons (Fsp3) is 0.375. The molecule has 0 spiro atoms. The highest BCUT2D eigenvalue weighted by Crippen LogP contribution is 2.26. The number of ether oxygens (including phenoxy) is 2. The van der Waals surface area contributed by atoms with Crippen LogP contribution >= 0.6 is 23.2 Å². The lowest BCUT2D eigenvalue weighted by Gasteiger charge is -2.09. The molecule has 0 radical (unpaired) electrons. The quantitative estimate of drug-likeness (QED) is 0.681. The van der Waals surface area contributed by atoms with E-state index in [4.69, 9.17) is 32.7 Å². The Morgan fingerprint density at radius 3 is 2.23 bits per heavy atom. The van der Waals surface area contributed by atoms with E-state index in [2.05, 4.69) is 4.98 Å².